The van der Waals surface area contributed by atoms with Gasteiger partial charge in [0, 0.05) is 0 Å². The minimum atomic E-state index is -0.615. The summed E-state index contributed by atoms with van der Waals surface area (Å²) in [4.78, 5) is 0. The Labute approximate surface area is 117 Å². The first-order chi connectivity index (χ1) is 8.98. The van der Waals surface area contributed by atoms with Crippen molar-refractivity contribution >= 4 is 0 Å². The van der Waals surface area contributed by atoms with Crippen molar-refractivity contribution in [2.45, 2.75) is 77.6 Å². The number of aliphatic hydroxyl groups is 1. The average molecular weight is 265 g/mol. The zero-order valence-corrected chi connectivity index (χ0v) is 12.4. The lowest BCUT2D eigenvalue weighted by molar-refractivity contribution is -0.0859. The highest BCUT2D eigenvalue weighted by molar-refractivity contribution is 5.08. The van der Waals surface area contributed by atoms with Crippen LogP contribution in [0.4, 0.5) is 0 Å². The molecule has 1 aliphatic carbocycles. The second-order valence-corrected chi connectivity index (χ2v) is 6.86. The van der Waals surface area contributed by atoms with Gasteiger partial charge in [-0.25, -0.2) is 0 Å². The standard InChI is InChI=1S/C16H27NO2/c1-11(2)13-6-8-16(10-17,9-7-13)15(18)14-5-4-12(3)19-14/h11-15,18H,4-9H2,1-3H3. The third kappa shape index (κ3) is 2.95. The Kier molecular flexibility index (Phi) is 4.53. The third-order valence-corrected chi connectivity index (χ3v) is 5.27. The summed E-state index contributed by atoms with van der Waals surface area (Å²) < 4.78 is 5.78. The third-order valence-electron chi connectivity index (χ3n) is 5.27. The quantitative estimate of drug-likeness (QED) is 0.852. The SMILES string of the molecule is CC1CCC(C(O)C2(C#N)CCC(C(C)C)CC2)O1. The van der Waals surface area contributed by atoms with Crippen molar-refractivity contribution in [3.05, 3.63) is 0 Å². The normalized spacial score (nSPS) is 41.2. The Bertz CT molecular complexity index is 339. The van der Waals surface area contributed by atoms with Gasteiger partial charge in [0.25, 0.3) is 0 Å². The Morgan fingerprint density at radius 3 is 2.26 bits per heavy atom. The summed E-state index contributed by atoms with van der Waals surface area (Å²) in [7, 11) is 0. The molecule has 0 amide bonds. The topological polar surface area (TPSA) is 53.2 Å². The number of nitrogens with zero attached hydrogens (tertiary/aromatic N) is 1. The van der Waals surface area contributed by atoms with Gasteiger partial charge in [-0.1, -0.05) is 13.8 Å². The molecule has 2 fully saturated rings. The molecule has 3 unspecified atom stereocenters. The molecule has 1 saturated heterocycles. The highest BCUT2D eigenvalue weighted by atomic mass is 16.5. The lowest BCUT2D eigenvalue weighted by Crippen LogP contribution is -2.45. The fourth-order valence-corrected chi connectivity index (χ4v) is 3.72. The Morgan fingerprint density at radius 2 is 1.84 bits per heavy atom. The van der Waals surface area contributed by atoms with Crippen LogP contribution in [0.5, 0.6) is 0 Å². The van der Waals surface area contributed by atoms with Crippen LogP contribution in [0.15, 0.2) is 0 Å². The maximum atomic E-state index is 10.6. The van der Waals surface area contributed by atoms with Crippen LogP contribution in [0.25, 0.3) is 0 Å². The van der Waals surface area contributed by atoms with Gasteiger partial charge in [-0.15, -0.1) is 0 Å². The number of rotatable bonds is 3. The molecule has 0 aromatic carbocycles. The molecule has 0 radical (unpaired) electrons. The minimum Gasteiger partial charge on any atom is -0.389 e. The minimum absolute atomic E-state index is 0.134. The maximum absolute atomic E-state index is 10.6. The first-order valence-electron chi connectivity index (χ1n) is 7.73. The second kappa shape index (κ2) is 5.81. The molecule has 0 aromatic rings. The van der Waals surface area contributed by atoms with Gasteiger partial charge in [-0.05, 0) is 57.3 Å². The molecule has 108 valence electrons. The second-order valence-electron chi connectivity index (χ2n) is 6.86. The van der Waals surface area contributed by atoms with Crippen LogP contribution >= 0.6 is 0 Å². The lowest BCUT2D eigenvalue weighted by atomic mass is 9.65. The fraction of sp³-hybridized carbons (Fsp3) is 0.938. The predicted molar refractivity (Wildman–Crippen MR) is 74.4 cm³/mol. The van der Waals surface area contributed by atoms with Gasteiger partial charge < -0.3 is 9.84 Å². The Balaban J connectivity index is 2.02. The molecule has 2 rings (SSSR count). The van der Waals surface area contributed by atoms with E-state index in [9.17, 15) is 10.4 Å². The van der Waals surface area contributed by atoms with Gasteiger partial charge in [0.2, 0.25) is 0 Å². The molecule has 19 heavy (non-hydrogen) atoms. The monoisotopic (exact) mass is 265 g/mol. The van der Waals surface area contributed by atoms with Crippen molar-refractivity contribution in [1.82, 2.24) is 0 Å². The molecule has 0 aromatic heterocycles. The molecule has 3 nitrogen and oxygen atoms in total. The van der Waals surface area contributed by atoms with Crippen LogP contribution in [0.2, 0.25) is 0 Å². The zero-order valence-electron chi connectivity index (χ0n) is 12.4. The van der Waals surface area contributed by atoms with E-state index in [4.69, 9.17) is 4.74 Å². The molecular weight excluding hydrogens is 238 g/mol. The van der Waals surface area contributed by atoms with Crippen LogP contribution in [0, 0.1) is 28.6 Å². The van der Waals surface area contributed by atoms with E-state index in [0.29, 0.717) is 11.8 Å². The largest absolute Gasteiger partial charge is 0.389 e. The maximum Gasteiger partial charge on any atom is 0.0987 e. The summed E-state index contributed by atoms with van der Waals surface area (Å²) in [5.74, 6) is 1.38. The fourth-order valence-electron chi connectivity index (χ4n) is 3.72. The van der Waals surface area contributed by atoms with Crippen molar-refractivity contribution < 1.29 is 9.84 Å². The van der Waals surface area contributed by atoms with E-state index in [1.807, 2.05) is 6.92 Å². The van der Waals surface area contributed by atoms with Crippen molar-refractivity contribution in [3.63, 3.8) is 0 Å². The number of nitriles is 1. The molecule has 1 N–H and O–H groups in total. The molecule has 1 heterocycles. The van der Waals surface area contributed by atoms with E-state index in [1.54, 1.807) is 0 Å². The highest BCUT2D eigenvalue weighted by Gasteiger charge is 2.47. The molecule has 1 saturated carbocycles. The molecule has 1 aliphatic heterocycles. The number of aliphatic hydroxyl groups excluding tert-OH is 1. The van der Waals surface area contributed by atoms with E-state index in [2.05, 4.69) is 19.9 Å². The Morgan fingerprint density at radius 1 is 1.21 bits per heavy atom. The van der Waals surface area contributed by atoms with Gasteiger partial charge in [-0.2, -0.15) is 5.26 Å². The van der Waals surface area contributed by atoms with Crippen LogP contribution in [0.1, 0.15) is 59.3 Å². The molecule has 3 atom stereocenters. The number of ether oxygens (including phenoxy) is 1. The van der Waals surface area contributed by atoms with E-state index in [0.717, 1.165) is 38.5 Å². The predicted octanol–water partition coefficient (Wildman–Crippen LogP) is 3.27. The zero-order chi connectivity index (χ0) is 14.0. The van der Waals surface area contributed by atoms with Crippen molar-refractivity contribution in [3.8, 4) is 6.07 Å². The van der Waals surface area contributed by atoms with Gasteiger partial charge in [-0.3, -0.25) is 0 Å². The van der Waals surface area contributed by atoms with Crippen molar-refractivity contribution in [2.75, 3.05) is 0 Å². The van der Waals surface area contributed by atoms with Crippen LogP contribution < -0.4 is 0 Å². The summed E-state index contributed by atoms with van der Waals surface area (Å²) in [5, 5.41) is 20.2. The first kappa shape index (κ1) is 14.8. The van der Waals surface area contributed by atoms with E-state index in [1.165, 1.54) is 0 Å². The highest BCUT2D eigenvalue weighted by Crippen LogP contribution is 2.45. The van der Waals surface area contributed by atoms with E-state index < -0.39 is 11.5 Å². The van der Waals surface area contributed by atoms with E-state index in [-0.39, 0.29) is 12.2 Å². The number of hydrogen-bond donors (Lipinski definition) is 1. The smallest absolute Gasteiger partial charge is 0.0987 e. The summed E-state index contributed by atoms with van der Waals surface area (Å²) in [6.07, 6.45) is 5.12. The summed E-state index contributed by atoms with van der Waals surface area (Å²) in [6, 6.07) is 2.44. The summed E-state index contributed by atoms with van der Waals surface area (Å²) in [5.41, 5.74) is -0.569. The van der Waals surface area contributed by atoms with E-state index >= 15 is 0 Å². The average Bonchev–Trinajstić information content (AvgIpc) is 2.84. The van der Waals surface area contributed by atoms with Crippen LogP contribution in [0.3, 0.4) is 0 Å². The Hall–Kier alpha value is -0.590. The summed E-state index contributed by atoms with van der Waals surface area (Å²) in [6.45, 7) is 6.55. The van der Waals surface area contributed by atoms with Gasteiger partial charge in [0.15, 0.2) is 0 Å². The molecule has 2 aliphatic rings. The van der Waals surface area contributed by atoms with Gasteiger partial charge >= 0.3 is 0 Å². The van der Waals surface area contributed by atoms with Crippen LogP contribution in [-0.2, 0) is 4.74 Å². The first-order valence-corrected chi connectivity index (χ1v) is 7.73. The van der Waals surface area contributed by atoms with Gasteiger partial charge in [0.1, 0.15) is 0 Å². The van der Waals surface area contributed by atoms with Crippen molar-refractivity contribution in [1.29, 1.82) is 5.26 Å². The van der Waals surface area contributed by atoms with Crippen LogP contribution in [-0.4, -0.2) is 23.4 Å². The summed E-state index contributed by atoms with van der Waals surface area (Å²) >= 11 is 0. The number of hydrogen-bond acceptors (Lipinski definition) is 3. The van der Waals surface area contributed by atoms with Crippen molar-refractivity contribution in [2.24, 2.45) is 17.3 Å². The molecular formula is C16H27NO2. The lowest BCUT2D eigenvalue weighted by Gasteiger charge is -2.41. The molecule has 0 bridgehead atoms. The molecule has 3 heteroatoms. The van der Waals surface area contributed by atoms with Gasteiger partial charge in [0.05, 0.1) is 29.8 Å². The molecule has 0 spiro atoms.